The van der Waals surface area contributed by atoms with Crippen LogP contribution in [0.2, 0.25) is 0 Å². The molecule has 2 aliphatic rings. The van der Waals surface area contributed by atoms with Crippen molar-refractivity contribution in [1.29, 1.82) is 0 Å². The number of fused-ring (bicyclic) bond motifs is 20. The van der Waals surface area contributed by atoms with E-state index in [0.717, 1.165) is 101 Å². The number of nitrogens with zero attached hydrogens (tertiary/aromatic N) is 4. The SMILES string of the molecule is CC1(C)c2ccccc2N(c2cc3c4ccccc4c(N(c4ccccc4)c4ccc5ccccc5c4)cc3c3ccccc23)c2cc3oc4ccccc4c3cc21.CC1(C)c2ccccc2N(c2ccc3c(ccc4cc(N(c5ccccc5)c5cccc6ccccc56)ccc43)c2)c2cc3oc4ccccc4c3cc21. The summed E-state index contributed by atoms with van der Waals surface area (Å²) in [5.41, 5.74) is 22.1. The van der Waals surface area contributed by atoms with Gasteiger partial charge in [0.15, 0.2) is 0 Å². The minimum atomic E-state index is -0.243. The molecule has 4 heterocycles. The van der Waals surface area contributed by atoms with E-state index in [1.807, 2.05) is 6.07 Å². The summed E-state index contributed by atoms with van der Waals surface area (Å²) >= 11 is 0. The molecule has 112 heavy (non-hydrogen) atoms. The fraction of sp³-hybridized carbons (Fsp3) is 0.0566. The maximum atomic E-state index is 6.58. The van der Waals surface area contributed by atoms with E-state index in [9.17, 15) is 0 Å². The lowest BCUT2D eigenvalue weighted by Crippen LogP contribution is -2.30. The zero-order valence-corrected chi connectivity index (χ0v) is 62.4. The smallest absolute Gasteiger partial charge is 0.137 e. The summed E-state index contributed by atoms with van der Waals surface area (Å²) in [6, 6.07) is 137. The third-order valence-corrected chi connectivity index (χ3v) is 24.1. The highest BCUT2D eigenvalue weighted by atomic mass is 16.3. The minimum absolute atomic E-state index is 0.195. The molecule has 0 unspecified atom stereocenters. The molecule has 23 rings (SSSR count). The van der Waals surface area contributed by atoms with E-state index in [1.54, 1.807) is 0 Å². The predicted octanol–water partition coefficient (Wildman–Crippen LogP) is 30.4. The number of anilines is 12. The fourth-order valence-electron chi connectivity index (χ4n) is 18.7. The fourth-order valence-corrected chi connectivity index (χ4v) is 18.7. The van der Waals surface area contributed by atoms with E-state index in [-0.39, 0.29) is 10.8 Å². The average Bonchev–Trinajstić information content (AvgIpc) is 1.34. The van der Waals surface area contributed by atoms with Gasteiger partial charge in [0.25, 0.3) is 0 Å². The van der Waals surface area contributed by atoms with Crippen LogP contribution in [0.5, 0.6) is 0 Å². The molecule has 0 N–H and O–H groups in total. The molecule has 0 spiro atoms. The van der Waals surface area contributed by atoms with E-state index in [4.69, 9.17) is 8.83 Å². The summed E-state index contributed by atoms with van der Waals surface area (Å²) in [6.07, 6.45) is 0. The van der Waals surface area contributed by atoms with Crippen molar-refractivity contribution < 1.29 is 8.83 Å². The van der Waals surface area contributed by atoms with E-state index < -0.39 is 0 Å². The molecule has 0 amide bonds. The Morgan fingerprint density at radius 3 is 1.28 bits per heavy atom. The summed E-state index contributed by atoms with van der Waals surface area (Å²) in [7, 11) is 0. The van der Waals surface area contributed by atoms with Crippen LogP contribution in [-0.2, 0) is 10.8 Å². The molecule has 0 atom stereocenters. The molecule has 0 saturated heterocycles. The second-order valence-corrected chi connectivity index (χ2v) is 31.1. The molecule has 21 aromatic rings. The van der Waals surface area contributed by atoms with Crippen molar-refractivity contribution in [3.05, 3.63) is 398 Å². The van der Waals surface area contributed by atoms with Gasteiger partial charge in [0.05, 0.1) is 39.8 Å². The highest BCUT2D eigenvalue weighted by Crippen LogP contribution is 2.58. The van der Waals surface area contributed by atoms with Gasteiger partial charge in [-0.1, -0.05) is 276 Å². The number of benzene rings is 19. The lowest BCUT2D eigenvalue weighted by molar-refractivity contribution is 0.630. The lowest BCUT2D eigenvalue weighted by atomic mass is 9.73. The maximum Gasteiger partial charge on any atom is 0.137 e. The van der Waals surface area contributed by atoms with Gasteiger partial charge in [-0.3, -0.25) is 0 Å². The Balaban J connectivity index is 0.000000138. The summed E-state index contributed by atoms with van der Waals surface area (Å²) in [4.78, 5) is 9.73. The normalized spacial score (nSPS) is 13.5. The molecule has 6 nitrogen and oxygen atoms in total. The van der Waals surface area contributed by atoms with Crippen molar-refractivity contribution in [2.45, 2.75) is 38.5 Å². The molecule has 0 bridgehead atoms. The third-order valence-electron chi connectivity index (χ3n) is 24.1. The summed E-state index contributed by atoms with van der Waals surface area (Å²) in [5.74, 6) is 0. The zero-order valence-electron chi connectivity index (χ0n) is 62.4. The summed E-state index contributed by atoms with van der Waals surface area (Å²) in [6.45, 7) is 9.40. The van der Waals surface area contributed by atoms with Gasteiger partial charge in [0.2, 0.25) is 0 Å². The molecule has 19 aromatic carbocycles. The molecule has 2 aliphatic heterocycles. The number of rotatable bonds is 8. The lowest BCUT2D eigenvalue weighted by Gasteiger charge is -2.42. The van der Waals surface area contributed by atoms with E-state index in [1.165, 1.54) is 109 Å². The van der Waals surface area contributed by atoms with Crippen LogP contribution in [-0.4, -0.2) is 0 Å². The van der Waals surface area contributed by atoms with E-state index >= 15 is 0 Å². The van der Waals surface area contributed by atoms with Crippen LogP contribution in [0.4, 0.5) is 68.2 Å². The second kappa shape index (κ2) is 25.2. The van der Waals surface area contributed by atoms with Crippen LogP contribution in [0.25, 0.3) is 119 Å². The third kappa shape index (κ3) is 10.1. The van der Waals surface area contributed by atoms with Gasteiger partial charge in [-0.25, -0.2) is 0 Å². The minimum Gasteiger partial charge on any atom is -0.456 e. The molecule has 6 heteroatoms. The maximum absolute atomic E-state index is 6.58. The Morgan fingerprint density at radius 1 is 0.205 bits per heavy atom. The first kappa shape index (κ1) is 64.9. The Morgan fingerprint density at radius 2 is 0.643 bits per heavy atom. The van der Waals surface area contributed by atoms with Crippen LogP contribution in [0, 0.1) is 0 Å². The van der Waals surface area contributed by atoms with Gasteiger partial charge < -0.3 is 28.4 Å². The Kier molecular flexibility index (Phi) is 14.6. The molecule has 0 fully saturated rings. The summed E-state index contributed by atoms with van der Waals surface area (Å²) < 4.78 is 13.0. The average molecular weight is 1440 g/mol. The van der Waals surface area contributed by atoms with Crippen LogP contribution in [0.1, 0.15) is 49.9 Å². The van der Waals surface area contributed by atoms with Gasteiger partial charge in [-0.2, -0.15) is 0 Å². The molecular formula is C106H74N4O2. The van der Waals surface area contributed by atoms with Crippen molar-refractivity contribution >= 4 is 188 Å². The number of hydrogen-bond acceptors (Lipinski definition) is 6. The predicted molar refractivity (Wildman–Crippen MR) is 473 cm³/mol. The van der Waals surface area contributed by atoms with Gasteiger partial charge in [0, 0.05) is 89.1 Å². The monoisotopic (exact) mass is 1430 g/mol. The van der Waals surface area contributed by atoms with Crippen molar-refractivity contribution in [2.24, 2.45) is 0 Å². The first-order chi connectivity index (χ1) is 55.1. The van der Waals surface area contributed by atoms with Gasteiger partial charge in [-0.05, 0) is 197 Å². The Labute approximate surface area is 648 Å². The Hall–Kier alpha value is -14.2. The van der Waals surface area contributed by atoms with E-state index in [0.29, 0.717) is 0 Å². The molecule has 0 radical (unpaired) electrons. The molecule has 0 aliphatic carbocycles. The summed E-state index contributed by atoms with van der Waals surface area (Å²) in [5, 5.41) is 21.6. The first-order valence-corrected chi connectivity index (χ1v) is 38.8. The van der Waals surface area contributed by atoms with Gasteiger partial charge in [-0.15, -0.1) is 0 Å². The quantitative estimate of drug-likeness (QED) is 0.141. The first-order valence-electron chi connectivity index (χ1n) is 38.8. The number of furan rings is 2. The van der Waals surface area contributed by atoms with Crippen molar-refractivity contribution in [3.63, 3.8) is 0 Å². The number of hydrogen-bond donors (Lipinski definition) is 0. The van der Waals surface area contributed by atoms with Crippen LogP contribution >= 0.6 is 0 Å². The zero-order chi connectivity index (χ0) is 74.5. The van der Waals surface area contributed by atoms with Crippen molar-refractivity contribution in [1.82, 2.24) is 0 Å². The van der Waals surface area contributed by atoms with Crippen LogP contribution in [0.15, 0.2) is 385 Å². The topological polar surface area (TPSA) is 39.2 Å². The standard InChI is InChI=1S/C55H38N2O.C51H36N2O/c1-55(2)47-25-13-14-26-49(47)57(52-34-54-46(31-48(52)55)43-24-12-15-27-53(43)58-54)51-33-45-39-20-8-10-22-41(39)50(32-44(45)40-21-9-11-23-42(40)51)56(37-18-4-3-5-19-37)38-29-28-35-16-6-7-17-36(35)30-38;1-51(2)44-19-9-10-20-47(44)53(48-32-50-43(31-45(48)51)42-18-8-11-22-49(42)54-50)38-26-28-40-35(30-38)24-23-34-29-37(25-27-39(34)40)52(36-15-4-3-5-16-36)46-21-12-14-33-13-6-7-17-41(33)46/h3-34H,1-2H3;3-32H,1-2H3. The van der Waals surface area contributed by atoms with Crippen molar-refractivity contribution in [3.8, 4) is 0 Å². The Bertz CT molecular complexity index is 7430. The van der Waals surface area contributed by atoms with Gasteiger partial charge in [0.1, 0.15) is 22.3 Å². The highest BCUT2D eigenvalue weighted by molar-refractivity contribution is 6.25. The van der Waals surface area contributed by atoms with Crippen LogP contribution < -0.4 is 19.6 Å². The molecular weight excluding hydrogens is 1360 g/mol. The second-order valence-electron chi connectivity index (χ2n) is 31.1. The highest BCUT2D eigenvalue weighted by Gasteiger charge is 2.40. The molecule has 530 valence electrons. The van der Waals surface area contributed by atoms with E-state index in [2.05, 4.69) is 417 Å². The largest absolute Gasteiger partial charge is 0.456 e. The van der Waals surface area contributed by atoms with Gasteiger partial charge >= 0.3 is 0 Å². The van der Waals surface area contributed by atoms with Crippen LogP contribution in [0.3, 0.4) is 0 Å². The number of para-hydroxylation sites is 6. The molecule has 0 saturated carbocycles. The van der Waals surface area contributed by atoms with Crippen molar-refractivity contribution in [2.75, 3.05) is 19.6 Å². The molecule has 2 aromatic heterocycles.